The van der Waals surface area contributed by atoms with Crippen LogP contribution in [0.2, 0.25) is 0 Å². The maximum atomic E-state index is 13.6. The maximum Gasteiger partial charge on any atom is 0.240 e. The van der Waals surface area contributed by atoms with E-state index in [0.29, 0.717) is 11.3 Å². The average Bonchev–Trinajstić information content (AvgIpc) is 3.04. The number of phenolic OH excluding ortho intramolecular Hbond substituents is 1. The van der Waals surface area contributed by atoms with Crippen molar-refractivity contribution in [1.29, 1.82) is 0 Å². The second-order valence-electron chi connectivity index (χ2n) is 5.91. The number of benzene rings is 2. The molecule has 2 aromatic rings. The fraction of sp³-hybridized carbons (Fsp3) is 0.158. The van der Waals surface area contributed by atoms with Crippen molar-refractivity contribution in [1.82, 2.24) is 5.32 Å². The number of para-hydroxylation sites is 1. The average molecular weight is 416 g/mol. The first-order valence-corrected chi connectivity index (χ1v) is 9.34. The number of hydrogen-bond acceptors (Lipinski definition) is 7. The van der Waals surface area contributed by atoms with Gasteiger partial charge < -0.3 is 20.5 Å². The van der Waals surface area contributed by atoms with Gasteiger partial charge in [0.25, 0.3) is 0 Å². The molecule has 3 N–H and O–H groups in total. The quantitative estimate of drug-likeness (QED) is 0.495. The number of methoxy groups -OCH3 is 1. The minimum absolute atomic E-state index is 0.00563. The Labute approximate surface area is 169 Å². The Morgan fingerprint density at radius 2 is 2.17 bits per heavy atom. The Balaban J connectivity index is 1.58. The first-order valence-electron chi connectivity index (χ1n) is 8.46. The number of phenols is 1. The molecule has 1 aliphatic rings. The number of anilines is 1. The minimum Gasteiger partial charge on any atom is -0.504 e. The molecule has 1 heterocycles. The summed E-state index contributed by atoms with van der Waals surface area (Å²) in [5, 5.41) is 21.9. The molecule has 0 radical (unpaired) electrons. The van der Waals surface area contributed by atoms with Gasteiger partial charge in [-0.3, -0.25) is 9.59 Å². The van der Waals surface area contributed by atoms with Crippen LogP contribution < -0.4 is 15.4 Å². The van der Waals surface area contributed by atoms with Crippen LogP contribution in [0.4, 0.5) is 10.1 Å². The van der Waals surface area contributed by atoms with Crippen LogP contribution in [-0.2, 0) is 9.59 Å². The van der Waals surface area contributed by atoms with Gasteiger partial charge in [-0.05, 0) is 35.9 Å². The zero-order valence-electron chi connectivity index (χ0n) is 15.3. The highest BCUT2D eigenvalue weighted by Gasteiger charge is 2.32. The lowest BCUT2D eigenvalue weighted by Gasteiger charge is -2.07. The summed E-state index contributed by atoms with van der Waals surface area (Å²) in [7, 11) is 1.43. The van der Waals surface area contributed by atoms with Crippen LogP contribution >= 0.6 is 11.8 Å². The third-order valence-electron chi connectivity index (χ3n) is 3.85. The van der Waals surface area contributed by atoms with Gasteiger partial charge >= 0.3 is 0 Å². The monoisotopic (exact) mass is 416 g/mol. The van der Waals surface area contributed by atoms with Crippen LogP contribution in [0.3, 0.4) is 0 Å². The lowest BCUT2D eigenvalue weighted by molar-refractivity contribution is -0.122. The van der Waals surface area contributed by atoms with Crippen molar-refractivity contribution in [2.24, 2.45) is 10.2 Å². The van der Waals surface area contributed by atoms with Gasteiger partial charge in [-0.25, -0.2) is 4.39 Å². The van der Waals surface area contributed by atoms with E-state index in [0.717, 1.165) is 11.8 Å². The molecule has 150 valence electrons. The standard InChI is InChI=1S/C19H17FN4O4S/c1-28-15-8-11(6-7-14(15)25)10-21-24-19-23-18(27)16(29-19)9-17(26)22-13-5-3-2-4-12(13)20/h2-8,10,16,25H,9H2,1H3,(H,22,26)(H,23,24,27)/b21-10-/t16-/m0/s1. The molecular formula is C19H17FN4O4S. The summed E-state index contributed by atoms with van der Waals surface area (Å²) in [5.41, 5.74) is 0.697. The highest BCUT2D eigenvalue weighted by Crippen LogP contribution is 2.26. The number of ether oxygens (including phenoxy) is 1. The molecule has 1 saturated heterocycles. The molecule has 0 bridgehead atoms. The summed E-state index contributed by atoms with van der Waals surface area (Å²) in [6.07, 6.45) is 1.29. The zero-order valence-corrected chi connectivity index (χ0v) is 16.1. The molecule has 0 aromatic heterocycles. The van der Waals surface area contributed by atoms with Gasteiger partial charge in [-0.1, -0.05) is 23.9 Å². The van der Waals surface area contributed by atoms with E-state index in [1.54, 1.807) is 18.2 Å². The number of nitrogens with one attached hydrogen (secondary N) is 2. The van der Waals surface area contributed by atoms with E-state index in [1.165, 1.54) is 37.6 Å². The predicted octanol–water partition coefficient (Wildman–Crippen LogP) is 2.49. The SMILES string of the molecule is COc1cc(/C=N\N=C2/NC(=O)[C@H](CC(=O)Nc3ccccc3F)S2)ccc1O. The van der Waals surface area contributed by atoms with Crippen molar-refractivity contribution in [3.05, 3.63) is 53.8 Å². The first kappa shape index (κ1) is 20.3. The van der Waals surface area contributed by atoms with Crippen molar-refractivity contribution in [2.75, 3.05) is 12.4 Å². The molecule has 8 nitrogen and oxygen atoms in total. The Kier molecular flexibility index (Phi) is 6.45. The van der Waals surface area contributed by atoms with E-state index >= 15 is 0 Å². The fourth-order valence-electron chi connectivity index (χ4n) is 2.44. The van der Waals surface area contributed by atoms with Gasteiger partial charge in [0, 0.05) is 6.42 Å². The molecular weight excluding hydrogens is 399 g/mol. The number of halogens is 1. The number of carbonyl (C=O) groups is 2. The van der Waals surface area contributed by atoms with Crippen molar-refractivity contribution < 1.29 is 23.8 Å². The lowest BCUT2D eigenvalue weighted by atomic mass is 10.2. The predicted molar refractivity (Wildman–Crippen MR) is 109 cm³/mol. The molecule has 10 heteroatoms. The number of nitrogens with zero attached hydrogens (tertiary/aromatic N) is 2. The smallest absolute Gasteiger partial charge is 0.240 e. The van der Waals surface area contributed by atoms with E-state index in [-0.39, 0.29) is 28.9 Å². The second-order valence-corrected chi connectivity index (χ2v) is 7.10. The van der Waals surface area contributed by atoms with Gasteiger partial charge in [0.2, 0.25) is 11.8 Å². The van der Waals surface area contributed by atoms with E-state index in [2.05, 4.69) is 20.8 Å². The second kappa shape index (κ2) is 9.20. The number of hydrogen-bond donors (Lipinski definition) is 3. The summed E-state index contributed by atoms with van der Waals surface area (Å²) in [4.78, 5) is 24.1. The Hall–Kier alpha value is -3.40. The van der Waals surface area contributed by atoms with E-state index in [9.17, 15) is 19.1 Å². The van der Waals surface area contributed by atoms with Crippen LogP contribution in [0.15, 0.2) is 52.7 Å². The van der Waals surface area contributed by atoms with Crippen LogP contribution in [0, 0.1) is 5.82 Å². The molecule has 1 atom stereocenters. The fourth-order valence-corrected chi connectivity index (χ4v) is 3.37. The Bertz CT molecular complexity index is 996. The number of rotatable bonds is 6. The maximum absolute atomic E-state index is 13.6. The van der Waals surface area contributed by atoms with E-state index in [1.807, 2.05) is 0 Å². The molecule has 1 aliphatic heterocycles. The lowest BCUT2D eigenvalue weighted by Crippen LogP contribution is -2.28. The Morgan fingerprint density at radius 1 is 1.38 bits per heavy atom. The van der Waals surface area contributed by atoms with E-state index < -0.39 is 17.0 Å². The number of thioether (sulfide) groups is 1. The van der Waals surface area contributed by atoms with Gasteiger partial charge in [-0.15, -0.1) is 5.10 Å². The van der Waals surface area contributed by atoms with Gasteiger partial charge in [0.05, 0.1) is 19.0 Å². The number of amidine groups is 1. The van der Waals surface area contributed by atoms with Crippen molar-refractivity contribution in [2.45, 2.75) is 11.7 Å². The molecule has 1 fully saturated rings. The molecule has 0 aliphatic carbocycles. The van der Waals surface area contributed by atoms with Crippen LogP contribution in [0.1, 0.15) is 12.0 Å². The van der Waals surface area contributed by atoms with Crippen molar-refractivity contribution in [3.63, 3.8) is 0 Å². The topological polar surface area (TPSA) is 112 Å². The zero-order chi connectivity index (χ0) is 20.8. The molecule has 2 aromatic carbocycles. The largest absolute Gasteiger partial charge is 0.504 e. The number of carbonyl (C=O) groups excluding carboxylic acids is 2. The van der Waals surface area contributed by atoms with Crippen LogP contribution in [0.5, 0.6) is 11.5 Å². The van der Waals surface area contributed by atoms with Crippen LogP contribution in [0.25, 0.3) is 0 Å². The summed E-state index contributed by atoms with van der Waals surface area (Å²) >= 11 is 1.06. The molecule has 3 rings (SSSR count). The van der Waals surface area contributed by atoms with Crippen molar-refractivity contribution in [3.8, 4) is 11.5 Å². The third kappa shape index (κ3) is 5.32. The summed E-state index contributed by atoms with van der Waals surface area (Å²) in [5.74, 6) is -1.10. The molecule has 29 heavy (non-hydrogen) atoms. The Morgan fingerprint density at radius 3 is 2.93 bits per heavy atom. The minimum atomic E-state index is -0.690. The third-order valence-corrected chi connectivity index (χ3v) is 4.93. The van der Waals surface area contributed by atoms with Gasteiger partial charge in [0.1, 0.15) is 11.1 Å². The van der Waals surface area contributed by atoms with Gasteiger partial charge in [-0.2, -0.15) is 5.10 Å². The normalized spacial score (nSPS) is 17.5. The number of aromatic hydroxyl groups is 1. The van der Waals surface area contributed by atoms with Crippen molar-refractivity contribution >= 4 is 40.6 Å². The van der Waals surface area contributed by atoms with Gasteiger partial charge in [0.15, 0.2) is 16.7 Å². The molecule has 0 spiro atoms. The molecule has 2 amide bonds. The summed E-state index contributed by atoms with van der Waals surface area (Å²) in [6.45, 7) is 0. The highest BCUT2D eigenvalue weighted by molar-refractivity contribution is 8.15. The first-order chi connectivity index (χ1) is 14.0. The molecule has 0 unspecified atom stereocenters. The van der Waals surface area contributed by atoms with E-state index in [4.69, 9.17) is 4.74 Å². The summed E-state index contributed by atoms with van der Waals surface area (Å²) < 4.78 is 18.6. The molecule has 0 saturated carbocycles. The summed E-state index contributed by atoms with van der Waals surface area (Å²) in [6, 6.07) is 10.5. The number of amides is 2. The van der Waals surface area contributed by atoms with Crippen LogP contribution in [-0.4, -0.2) is 40.7 Å². The highest BCUT2D eigenvalue weighted by atomic mass is 32.2.